The van der Waals surface area contributed by atoms with Gasteiger partial charge >= 0.3 is 0 Å². The van der Waals surface area contributed by atoms with Crippen LogP contribution in [0, 0.1) is 5.92 Å². The van der Waals surface area contributed by atoms with Crippen LogP contribution >= 0.6 is 0 Å². The van der Waals surface area contributed by atoms with Crippen LogP contribution in [0.25, 0.3) is 0 Å². The van der Waals surface area contributed by atoms with Gasteiger partial charge in [-0.3, -0.25) is 14.6 Å². The lowest BCUT2D eigenvalue weighted by Gasteiger charge is -2.42. The van der Waals surface area contributed by atoms with E-state index in [1.807, 2.05) is 0 Å². The maximum absolute atomic E-state index is 12.4. The Hall–Kier alpha value is -1.39. The first-order valence-electron chi connectivity index (χ1n) is 10.5. The molecular formula is C22H35N3O. The van der Waals surface area contributed by atoms with E-state index in [1.54, 1.807) is 0 Å². The van der Waals surface area contributed by atoms with Crippen molar-refractivity contribution in [2.45, 2.75) is 58.0 Å². The van der Waals surface area contributed by atoms with Gasteiger partial charge in [0.25, 0.3) is 0 Å². The Morgan fingerprint density at radius 1 is 1.12 bits per heavy atom. The summed E-state index contributed by atoms with van der Waals surface area (Å²) in [7, 11) is 0. The van der Waals surface area contributed by atoms with E-state index in [2.05, 4.69) is 52.4 Å². The minimum Gasteiger partial charge on any atom is -0.356 e. The van der Waals surface area contributed by atoms with Crippen LogP contribution < -0.4 is 5.32 Å². The molecule has 2 aliphatic rings. The van der Waals surface area contributed by atoms with Gasteiger partial charge in [0.2, 0.25) is 5.91 Å². The molecule has 2 heterocycles. The average molecular weight is 358 g/mol. The van der Waals surface area contributed by atoms with E-state index >= 15 is 0 Å². The first-order chi connectivity index (χ1) is 12.8. The molecule has 26 heavy (non-hydrogen) atoms. The second kappa shape index (κ2) is 10.1. The molecule has 3 rings (SSSR count). The Balaban J connectivity index is 1.43. The summed E-state index contributed by atoms with van der Waals surface area (Å²) in [6, 6.07) is 11.4. The van der Waals surface area contributed by atoms with Crippen LogP contribution in [-0.4, -0.2) is 54.5 Å². The van der Waals surface area contributed by atoms with Crippen LogP contribution in [0.1, 0.15) is 51.0 Å². The number of unbranched alkanes of at least 4 members (excludes halogenated alkanes) is 1. The van der Waals surface area contributed by atoms with Crippen molar-refractivity contribution in [2.24, 2.45) is 5.92 Å². The number of nitrogens with one attached hydrogen (secondary N) is 1. The van der Waals surface area contributed by atoms with Crippen LogP contribution in [0.15, 0.2) is 30.3 Å². The third kappa shape index (κ3) is 5.55. The number of nitrogens with zero attached hydrogens (tertiary/aromatic N) is 2. The lowest BCUT2D eigenvalue weighted by atomic mass is 9.93. The highest BCUT2D eigenvalue weighted by Crippen LogP contribution is 2.24. The lowest BCUT2D eigenvalue weighted by Crippen LogP contribution is -2.50. The molecular weight excluding hydrogens is 322 g/mol. The Morgan fingerprint density at radius 2 is 1.88 bits per heavy atom. The lowest BCUT2D eigenvalue weighted by molar-refractivity contribution is -0.127. The number of amides is 1. The van der Waals surface area contributed by atoms with E-state index < -0.39 is 0 Å². The second-order valence-corrected chi connectivity index (χ2v) is 7.97. The van der Waals surface area contributed by atoms with Crippen LogP contribution in [0.3, 0.4) is 0 Å². The molecule has 2 aliphatic heterocycles. The summed E-state index contributed by atoms with van der Waals surface area (Å²) < 4.78 is 0. The zero-order valence-corrected chi connectivity index (χ0v) is 16.3. The molecule has 0 aromatic heterocycles. The van der Waals surface area contributed by atoms with Gasteiger partial charge in [-0.05, 0) is 57.3 Å². The van der Waals surface area contributed by atoms with Gasteiger partial charge < -0.3 is 5.32 Å². The van der Waals surface area contributed by atoms with E-state index in [4.69, 9.17) is 0 Å². The van der Waals surface area contributed by atoms with Gasteiger partial charge in [0.05, 0.1) is 5.92 Å². The van der Waals surface area contributed by atoms with Crippen LogP contribution in [0.5, 0.6) is 0 Å². The number of likely N-dealkylation sites (tertiary alicyclic amines) is 2. The molecule has 1 N–H and O–H groups in total. The van der Waals surface area contributed by atoms with Crippen LogP contribution in [0.2, 0.25) is 0 Å². The Morgan fingerprint density at radius 3 is 2.62 bits per heavy atom. The molecule has 0 bridgehead atoms. The number of rotatable bonds is 7. The topological polar surface area (TPSA) is 35.6 Å². The highest BCUT2D eigenvalue weighted by molar-refractivity contribution is 5.78. The highest BCUT2D eigenvalue weighted by atomic mass is 16.1. The second-order valence-electron chi connectivity index (χ2n) is 7.97. The van der Waals surface area contributed by atoms with Crippen molar-refractivity contribution in [1.82, 2.24) is 15.1 Å². The number of hydrogen-bond acceptors (Lipinski definition) is 3. The Bertz CT molecular complexity index is 540. The van der Waals surface area contributed by atoms with Crippen molar-refractivity contribution in [2.75, 3.05) is 32.7 Å². The van der Waals surface area contributed by atoms with Crippen molar-refractivity contribution in [3.8, 4) is 0 Å². The van der Waals surface area contributed by atoms with Crippen LogP contribution in [0.4, 0.5) is 0 Å². The summed E-state index contributed by atoms with van der Waals surface area (Å²) in [5.41, 5.74) is 1.41. The van der Waals surface area contributed by atoms with Crippen molar-refractivity contribution in [3.63, 3.8) is 0 Å². The van der Waals surface area contributed by atoms with E-state index in [1.165, 1.54) is 38.0 Å². The predicted octanol–water partition coefficient (Wildman–Crippen LogP) is 3.28. The number of benzene rings is 1. The summed E-state index contributed by atoms with van der Waals surface area (Å²) in [5, 5.41) is 3.14. The molecule has 0 saturated carbocycles. The third-order valence-electron chi connectivity index (χ3n) is 5.98. The molecule has 0 spiro atoms. The average Bonchev–Trinajstić information content (AvgIpc) is 2.69. The number of carbonyl (C=O) groups is 1. The molecule has 4 heteroatoms. The highest BCUT2D eigenvalue weighted by Gasteiger charge is 2.31. The Labute approximate surface area is 158 Å². The molecule has 0 aliphatic carbocycles. The number of hydrogen-bond donors (Lipinski definition) is 1. The molecule has 0 radical (unpaired) electrons. The minimum absolute atomic E-state index is 0.197. The maximum atomic E-state index is 12.4. The van der Waals surface area contributed by atoms with Gasteiger partial charge in [0.1, 0.15) is 0 Å². The third-order valence-corrected chi connectivity index (χ3v) is 5.98. The van der Waals surface area contributed by atoms with Gasteiger partial charge in [0, 0.05) is 25.7 Å². The van der Waals surface area contributed by atoms with Gasteiger partial charge in [-0.25, -0.2) is 0 Å². The largest absolute Gasteiger partial charge is 0.356 e. The standard InChI is InChI=1S/C22H35N3O/c1-2-3-13-23-22(26)20-10-7-14-25(18-20)21-11-15-24(16-12-21)17-19-8-5-4-6-9-19/h4-6,8-9,20-21H,2-3,7,10-18H2,1H3,(H,23,26). The van der Waals surface area contributed by atoms with Gasteiger partial charge in [-0.1, -0.05) is 43.7 Å². The molecule has 1 amide bonds. The predicted molar refractivity (Wildman–Crippen MR) is 107 cm³/mol. The van der Waals surface area contributed by atoms with E-state index in [0.717, 1.165) is 45.3 Å². The van der Waals surface area contributed by atoms with Crippen molar-refractivity contribution < 1.29 is 4.79 Å². The minimum atomic E-state index is 0.197. The summed E-state index contributed by atoms with van der Waals surface area (Å²) in [6.45, 7) is 8.54. The van der Waals surface area contributed by atoms with Crippen molar-refractivity contribution in [1.29, 1.82) is 0 Å². The summed E-state index contributed by atoms with van der Waals surface area (Å²) in [6.07, 6.45) is 6.91. The zero-order chi connectivity index (χ0) is 18.2. The summed E-state index contributed by atoms with van der Waals surface area (Å²) in [5.74, 6) is 0.479. The van der Waals surface area contributed by atoms with E-state index in [0.29, 0.717) is 6.04 Å². The fourth-order valence-corrected chi connectivity index (χ4v) is 4.37. The van der Waals surface area contributed by atoms with Gasteiger partial charge in [-0.2, -0.15) is 0 Å². The summed E-state index contributed by atoms with van der Waals surface area (Å²) in [4.78, 5) is 17.6. The van der Waals surface area contributed by atoms with Crippen LogP contribution in [-0.2, 0) is 11.3 Å². The van der Waals surface area contributed by atoms with Gasteiger partial charge in [-0.15, -0.1) is 0 Å². The molecule has 2 fully saturated rings. The van der Waals surface area contributed by atoms with E-state index in [9.17, 15) is 4.79 Å². The Kier molecular flexibility index (Phi) is 7.51. The molecule has 1 atom stereocenters. The van der Waals surface area contributed by atoms with E-state index in [-0.39, 0.29) is 11.8 Å². The molecule has 4 nitrogen and oxygen atoms in total. The molecule has 1 aromatic carbocycles. The van der Waals surface area contributed by atoms with Gasteiger partial charge in [0.15, 0.2) is 0 Å². The maximum Gasteiger partial charge on any atom is 0.224 e. The zero-order valence-electron chi connectivity index (χ0n) is 16.3. The molecule has 2 saturated heterocycles. The molecule has 144 valence electrons. The first kappa shape index (κ1) is 19.4. The SMILES string of the molecule is CCCCNC(=O)C1CCCN(C2CCN(Cc3ccccc3)CC2)C1. The summed E-state index contributed by atoms with van der Waals surface area (Å²) >= 11 is 0. The monoisotopic (exact) mass is 357 g/mol. The normalized spacial score (nSPS) is 23.0. The quantitative estimate of drug-likeness (QED) is 0.761. The van der Waals surface area contributed by atoms with Crippen molar-refractivity contribution in [3.05, 3.63) is 35.9 Å². The first-order valence-corrected chi connectivity index (χ1v) is 10.5. The number of carbonyl (C=O) groups excluding carboxylic acids is 1. The smallest absolute Gasteiger partial charge is 0.224 e. The van der Waals surface area contributed by atoms with Crippen molar-refractivity contribution >= 4 is 5.91 Å². The fraction of sp³-hybridized carbons (Fsp3) is 0.682. The number of piperidine rings is 2. The fourth-order valence-electron chi connectivity index (χ4n) is 4.37. The molecule has 1 unspecified atom stereocenters. The molecule has 1 aromatic rings.